The molecule has 1 heterocycles. The van der Waals surface area contributed by atoms with Crippen LogP contribution in [0, 0.1) is 3.95 Å². The van der Waals surface area contributed by atoms with Crippen LogP contribution < -0.4 is 5.32 Å². The minimum atomic E-state index is -4.35. The maximum atomic E-state index is 12.4. The molecule has 1 aromatic carbocycles. The third-order valence-corrected chi connectivity index (χ3v) is 2.88. The summed E-state index contributed by atoms with van der Waals surface area (Å²) in [5, 5.41) is 9.50. The van der Waals surface area contributed by atoms with E-state index < -0.39 is 11.7 Å². The molecule has 0 spiro atoms. The van der Waals surface area contributed by atoms with Gasteiger partial charge in [-0.15, -0.1) is 5.10 Å². The number of halogens is 3. The number of anilines is 2. The highest BCUT2D eigenvalue weighted by molar-refractivity contribution is 7.73. The summed E-state index contributed by atoms with van der Waals surface area (Å²) in [5.74, 6) is 0. The fourth-order valence-electron chi connectivity index (χ4n) is 1.18. The van der Waals surface area contributed by atoms with Crippen molar-refractivity contribution in [3.63, 3.8) is 0 Å². The van der Waals surface area contributed by atoms with Crippen molar-refractivity contribution in [3.05, 3.63) is 33.8 Å². The topological polar surface area (TPSA) is 40.7 Å². The summed E-state index contributed by atoms with van der Waals surface area (Å²) in [6, 6.07) is 4.89. The maximum absolute atomic E-state index is 12.4. The second kappa shape index (κ2) is 4.46. The molecule has 90 valence electrons. The van der Waals surface area contributed by atoms with Crippen LogP contribution in [0.15, 0.2) is 24.3 Å². The van der Waals surface area contributed by atoms with Gasteiger partial charge in [-0.1, -0.05) is 17.4 Å². The molecule has 0 bridgehead atoms. The van der Waals surface area contributed by atoms with Crippen molar-refractivity contribution in [2.45, 2.75) is 6.18 Å². The largest absolute Gasteiger partial charge is 0.416 e. The number of aromatic nitrogens is 2. The average molecular weight is 277 g/mol. The van der Waals surface area contributed by atoms with E-state index in [1.807, 2.05) is 0 Å². The van der Waals surface area contributed by atoms with E-state index >= 15 is 0 Å². The molecule has 0 aliphatic rings. The number of hydrogen-bond acceptors (Lipinski definition) is 4. The molecule has 0 fully saturated rings. The minimum Gasteiger partial charge on any atom is -0.330 e. The molecule has 0 unspecified atom stereocenters. The molecule has 2 N–H and O–H groups in total. The molecule has 2 aromatic rings. The molecule has 3 nitrogen and oxygen atoms in total. The van der Waals surface area contributed by atoms with Gasteiger partial charge < -0.3 is 5.32 Å². The van der Waals surface area contributed by atoms with E-state index in [-0.39, 0.29) is 0 Å². The minimum absolute atomic E-state index is 0.317. The predicted octanol–water partition coefficient (Wildman–Crippen LogP) is 3.96. The van der Waals surface area contributed by atoms with Gasteiger partial charge in [0.1, 0.15) is 0 Å². The summed E-state index contributed by atoms with van der Waals surface area (Å²) in [7, 11) is 0. The van der Waals surface area contributed by atoms with Crippen molar-refractivity contribution in [2.75, 3.05) is 5.32 Å². The van der Waals surface area contributed by atoms with Crippen LogP contribution in [-0.4, -0.2) is 10.2 Å². The van der Waals surface area contributed by atoms with Gasteiger partial charge in [-0.3, -0.25) is 5.10 Å². The number of H-pyrrole nitrogens is 1. The van der Waals surface area contributed by atoms with Gasteiger partial charge in [-0.2, -0.15) is 13.2 Å². The van der Waals surface area contributed by atoms with Crippen LogP contribution in [0.3, 0.4) is 0 Å². The molecule has 1 aromatic heterocycles. The highest BCUT2D eigenvalue weighted by Gasteiger charge is 2.30. The van der Waals surface area contributed by atoms with Gasteiger partial charge in [0, 0.05) is 5.69 Å². The van der Waals surface area contributed by atoms with Crippen molar-refractivity contribution in [1.29, 1.82) is 0 Å². The molecule has 0 radical (unpaired) electrons. The Bertz CT molecular complexity index is 573. The van der Waals surface area contributed by atoms with E-state index in [1.165, 1.54) is 12.1 Å². The van der Waals surface area contributed by atoms with Crippen LogP contribution in [0.25, 0.3) is 0 Å². The van der Waals surface area contributed by atoms with E-state index in [0.29, 0.717) is 14.8 Å². The first kappa shape index (κ1) is 12.1. The monoisotopic (exact) mass is 277 g/mol. The number of hydrogen-bond donors (Lipinski definition) is 2. The maximum Gasteiger partial charge on any atom is 0.416 e. The number of alkyl halides is 3. The Balaban J connectivity index is 2.25. The molecule has 8 heteroatoms. The van der Waals surface area contributed by atoms with E-state index in [1.54, 1.807) is 0 Å². The lowest BCUT2D eigenvalue weighted by atomic mass is 10.2. The number of rotatable bonds is 2. The highest BCUT2D eigenvalue weighted by Crippen LogP contribution is 2.31. The first-order valence-corrected chi connectivity index (χ1v) is 5.67. The second-order valence-electron chi connectivity index (χ2n) is 3.12. The average Bonchev–Trinajstić information content (AvgIpc) is 2.63. The summed E-state index contributed by atoms with van der Waals surface area (Å²) < 4.78 is 37.8. The molecule has 0 aliphatic heterocycles. The Kier molecular flexibility index (Phi) is 3.16. The number of nitrogens with one attached hydrogen (secondary N) is 2. The standard InChI is InChI=1S/C9H6F3N3S2/c10-9(11,12)5-2-1-3-6(4-5)13-7-14-15-8(16)17-7/h1-4H,(H,13,14)(H,15,16). The van der Waals surface area contributed by atoms with Crippen molar-refractivity contribution in [3.8, 4) is 0 Å². The first-order chi connectivity index (χ1) is 7.95. The Morgan fingerprint density at radius 1 is 1.35 bits per heavy atom. The molecule has 17 heavy (non-hydrogen) atoms. The summed E-state index contributed by atoms with van der Waals surface area (Å²) in [4.78, 5) is 0. The van der Waals surface area contributed by atoms with E-state index in [0.717, 1.165) is 23.5 Å². The molecule has 0 aliphatic carbocycles. The fourth-order valence-corrected chi connectivity index (χ4v) is 1.99. The second-order valence-corrected chi connectivity index (χ2v) is 4.79. The van der Waals surface area contributed by atoms with Crippen LogP contribution in [0.2, 0.25) is 0 Å². The zero-order chi connectivity index (χ0) is 12.5. The quantitative estimate of drug-likeness (QED) is 0.816. The Hall–Kier alpha value is -1.41. The van der Waals surface area contributed by atoms with Crippen LogP contribution >= 0.6 is 23.6 Å². The van der Waals surface area contributed by atoms with Gasteiger partial charge >= 0.3 is 6.18 Å². The molecule has 0 saturated heterocycles. The molecular weight excluding hydrogens is 271 g/mol. The lowest BCUT2D eigenvalue weighted by Gasteiger charge is -2.08. The van der Waals surface area contributed by atoms with Gasteiger partial charge in [-0.05, 0) is 30.4 Å². The molecule has 2 rings (SSSR count). The lowest BCUT2D eigenvalue weighted by Crippen LogP contribution is -2.05. The van der Waals surface area contributed by atoms with Crippen LogP contribution in [0.4, 0.5) is 24.0 Å². The van der Waals surface area contributed by atoms with Crippen molar-refractivity contribution in [1.82, 2.24) is 10.2 Å². The third-order valence-electron chi connectivity index (χ3n) is 1.88. The predicted molar refractivity (Wildman–Crippen MR) is 62.0 cm³/mol. The zero-order valence-electron chi connectivity index (χ0n) is 8.21. The first-order valence-electron chi connectivity index (χ1n) is 4.45. The SMILES string of the molecule is FC(F)(F)c1cccc(Nc2n[nH]c(=S)s2)c1. The normalized spacial score (nSPS) is 11.5. The third kappa shape index (κ3) is 3.04. The van der Waals surface area contributed by atoms with Gasteiger partial charge in [0.15, 0.2) is 3.95 Å². The fraction of sp³-hybridized carbons (Fsp3) is 0.111. The van der Waals surface area contributed by atoms with Crippen molar-refractivity contribution < 1.29 is 13.2 Å². The Morgan fingerprint density at radius 3 is 2.71 bits per heavy atom. The number of nitrogens with zero attached hydrogens (tertiary/aromatic N) is 1. The van der Waals surface area contributed by atoms with Crippen LogP contribution in [0.5, 0.6) is 0 Å². The van der Waals surface area contributed by atoms with E-state index in [2.05, 4.69) is 15.5 Å². The van der Waals surface area contributed by atoms with Crippen LogP contribution in [0.1, 0.15) is 5.56 Å². The van der Waals surface area contributed by atoms with Crippen molar-refractivity contribution >= 4 is 34.4 Å². The summed E-state index contributed by atoms with van der Waals surface area (Å²) in [5.41, 5.74) is -0.390. The summed E-state index contributed by atoms with van der Waals surface area (Å²) in [6.45, 7) is 0. The lowest BCUT2D eigenvalue weighted by molar-refractivity contribution is -0.137. The smallest absolute Gasteiger partial charge is 0.330 e. The molecule has 0 amide bonds. The summed E-state index contributed by atoms with van der Waals surface area (Å²) in [6.07, 6.45) is -4.35. The van der Waals surface area contributed by atoms with Gasteiger partial charge in [0.05, 0.1) is 5.56 Å². The number of aromatic amines is 1. The Labute approximate surface area is 103 Å². The summed E-state index contributed by atoms with van der Waals surface area (Å²) >= 11 is 5.97. The Morgan fingerprint density at radius 2 is 2.12 bits per heavy atom. The van der Waals surface area contributed by atoms with Gasteiger partial charge in [-0.25, -0.2) is 0 Å². The molecular formula is C9H6F3N3S2. The number of benzene rings is 1. The zero-order valence-corrected chi connectivity index (χ0v) is 9.84. The van der Waals surface area contributed by atoms with Crippen LogP contribution in [-0.2, 0) is 6.18 Å². The molecule has 0 saturated carbocycles. The van der Waals surface area contributed by atoms with Crippen molar-refractivity contribution in [2.24, 2.45) is 0 Å². The van der Waals surface area contributed by atoms with E-state index in [9.17, 15) is 13.2 Å². The molecule has 0 atom stereocenters. The van der Waals surface area contributed by atoms with Gasteiger partial charge in [0.25, 0.3) is 0 Å². The highest BCUT2D eigenvalue weighted by atomic mass is 32.1. The van der Waals surface area contributed by atoms with Gasteiger partial charge in [0.2, 0.25) is 5.13 Å². The van der Waals surface area contributed by atoms with E-state index in [4.69, 9.17) is 12.2 Å².